The Bertz CT molecular complexity index is 265. The van der Waals surface area contributed by atoms with Gasteiger partial charge in [0, 0.05) is 0 Å². The molecule has 0 aromatic rings. The van der Waals surface area contributed by atoms with Crippen molar-refractivity contribution in [3.8, 4) is 0 Å². The minimum absolute atomic E-state index is 1.36. The van der Waals surface area contributed by atoms with Crippen LogP contribution in [0, 0.1) is 0 Å². The van der Waals surface area contributed by atoms with Gasteiger partial charge in [-0.25, -0.2) is 0 Å². The summed E-state index contributed by atoms with van der Waals surface area (Å²) >= 11 is 4.54. The van der Waals surface area contributed by atoms with E-state index in [0.717, 1.165) is 0 Å². The van der Waals surface area contributed by atoms with Gasteiger partial charge in [-0.05, 0) is 0 Å². The SMILES string of the molecule is CCCCCCCCCCCP(Br)(CCCC)(CCCC)CCCC. The average molecular weight is 438 g/mol. The van der Waals surface area contributed by atoms with Crippen molar-refractivity contribution in [1.82, 2.24) is 0 Å². The first-order valence-corrected chi connectivity index (χ1v) is 16.8. The molecule has 0 spiro atoms. The molecule has 0 aliphatic heterocycles. The second kappa shape index (κ2) is 15.9. The summed E-state index contributed by atoms with van der Waals surface area (Å²) in [6, 6.07) is 0. The standard InChI is InChI=1S/C23H50BrP/c1-5-9-13-14-15-16-17-18-19-23-25(24,20-10-6-2,21-11-7-3)22-12-8-4/h5-23H2,1-4H3. The minimum atomic E-state index is -1.62. The Kier molecular flexibility index (Phi) is 16.5. The molecule has 0 radical (unpaired) electrons. The number of hydrogen-bond acceptors (Lipinski definition) is 0. The summed E-state index contributed by atoms with van der Waals surface area (Å²) in [6.45, 7) is 9.41. The molecule has 0 heterocycles. The number of rotatable bonds is 19. The molecule has 0 aromatic heterocycles. The molecule has 0 saturated carbocycles. The molecule has 0 fully saturated rings. The molecule has 0 bridgehead atoms. The van der Waals surface area contributed by atoms with Gasteiger partial charge in [-0.2, -0.15) is 0 Å². The number of hydrogen-bond donors (Lipinski definition) is 0. The van der Waals surface area contributed by atoms with E-state index in [-0.39, 0.29) is 0 Å². The third kappa shape index (κ3) is 12.8. The van der Waals surface area contributed by atoms with E-state index in [4.69, 9.17) is 0 Å². The van der Waals surface area contributed by atoms with Gasteiger partial charge in [-0.1, -0.05) is 0 Å². The van der Waals surface area contributed by atoms with E-state index in [1.165, 1.54) is 121 Å². The molecule has 0 amide bonds. The summed E-state index contributed by atoms with van der Waals surface area (Å²) in [5, 5.41) is -1.62. The van der Waals surface area contributed by atoms with E-state index in [1.54, 1.807) is 0 Å². The Morgan fingerprint density at radius 3 is 1.04 bits per heavy atom. The van der Waals surface area contributed by atoms with Crippen LogP contribution in [-0.4, -0.2) is 24.6 Å². The van der Waals surface area contributed by atoms with Crippen molar-refractivity contribution in [3.05, 3.63) is 0 Å². The van der Waals surface area contributed by atoms with Gasteiger partial charge in [0.05, 0.1) is 0 Å². The van der Waals surface area contributed by atoms with Crippen LogP contribution in [0.5, 0.6) is 0 Å². The zero-order valence-electron chi connectivity index (χ0n) is 18.3. The number of unbranched alkanes of at least 4 members (excludes halogenated alkanes) is 11. The molecular formula is C23H50BrP. The van der Waals surface area contributed by atoms with Crippen molar-refractivity contribution in [2.45, 2.75) is 124 Å². The maximum atomic E-state index is 4.54. The van der Waals surface area contributed by atoms with Crippen LogP contribution in [0.1, 0.15) is 124 Å². The van der Waals surface area contributed by atoms with E-state index in [1.807, 2.05) is 0 Å². The molecule has 0 aromatic carbocycles. The van der Waals surface area contributed by atoms with Crippen molar-refractivity contribution in [2.75, 3.05) is 24.6 Å². The fourth-order valence-corrected chi connectivity index (χ4v) is 12.8. The zero-order valence-corrected chi connectivity index (χ0v) is 20.7. The van der Waals surface area contributed by atoms with Crippen LogP contribution in [0.25, 0.3) is 0 Å². The van der Waals surface area contributed by atoms with Gasteiger partial charge in [-0.3, -0.25) is 0 Å². The predicted octanol–water partition coefficient (Wildman–Crippen LogP) is 9.78. The van der Waals surface area contributed by atoms with E-state index in [2.05, 4.69) is 43.2 Å². The van der Waals surface area contributed by atoms with Gasteiger partial charge >= 0.3 is 169 Å². The van der Waals surface area contributed by atoms with Crippen molar-refractivity contribution < 1.29 is 0 Å². The van der Waals surface area contributed by atoms with Crippen LogP contribution in [-0.2, 0) is 0 Å². The van der Waals surface area contributed by atoms with E-state index in [0.29, 0.717) is 0 Å². The molecule has 2 heteroatoms. The second-order valence-electron chi connectivity index (χ2n) is 8.60. The summed E-state index contributed by atoms with van der Waals surface area (Å²) in [5.41, 5.74) is 0. The molecule has 0 unspecified atom stereocenters. The molecule has 154 valence electrons. The Labute approximate surface area is 169 Å². The maximum absolute atomic E-state index is 4.54. The molecule has 0 aliphatic rings. The quantitative estimate of drug-likeness (QED) is 0.139. The van der Waals surface area contributed by atoms with Crippen LogP contribution >= 0.6 is 20.8 Å². The van der Waals surface area contributed by atoms with Crippen molar-refractivity contribution in [2.24, 2.45) is 0 Å². The fraction of sp³-hybridized carbons (Fsp3) is 1.00. The first-order chi connectivity index (χ1) is 12.0. The summed E-state index contributed by atoms with van der Waals surface area (Å²) < 4.78 is 0. The summed E-state index contributed by atoms with van der Waals surface area (Å²) in [4.78, 5) is 0. The van der Waals surface area contributed by atoms with Crippen LogP contribution in [0.3, 0.4) is 0 Å². The van der Waals surface area contributed by atoms with Crippen LogP contribution in [0.15, 0.2) is 0 Å². The van der Waals surface area contributed by atoms with Gasteiger partial charge < -0.3 is 0 Å². The Balaban J connectivity index is 4.35. The van der Waals surface area contributed by atoms with Crippen LogP contribution in [0.4, 0.5) is 0 Å². The second-order valence-corrected chi connectivity index (χ2v) is 20.0. The van der Waals surface area contributed by atoms with Crippen LogP contribution in [0.2, 0.25) is 0 Å². The molecule has 25 heavy (non-hydrogen) atoms. The molecule has 0 nitrogen and oxygen atoms in total. The topological polar surface area (TPSA) is 0 Å². The van der Waals surface area contributed by atoms with Gasteiger partial charge in [0.15, 0.2) is 0 Å². The summed E-state index contributed by atoms with van der Waals surface area (Å²) in [6.07, 6.45) is 27.6. The molecule has 0 saturated heterocycles. The van der Waals surface area contributed by atoms with Gasteiger partial charge in [0.25, 0.3) is 0 Å². The Hall–Kier alpha value is 0.910. The third-order valence-corrected chi connectivity index (χ3v) is 16.0. The molecule has 0 atom stereocenters. The molecule has 0 rings (SSSR count). The Morgan fingerprint density at radius 1 is 0.400 bits per heavy atom. The van der Waals surface area contributed by atoms with E-state index < -0.39 is 5.31 Å². The number of halogens is 1. The van der Waals surface area contributed by atoms with Crippen molar-refractivity contribution in [3.63, 3.8) is 0 Å². The predicted molar refractivity (Wildman–Crippen MR) is 127 cm³/mol. The first-order valence-electron chi connectivity index (χ1n) is 11.8. The molecule has 0 N–H and O–H groups in total. The van der Waals surface area contributed by atoms with Gasteiger partial charge in [0.1, 0.15) is 0 Å². The van der Waals surface area contributed by atoms with Gasteiger partial charge in [-0.15, -0.1) is 0 Å². The normalized spacial score (nSPS) is 13.7. The summed E-state index contributed by atoms with van der Waals surface area (Å²) in [5.74, 6) is 0. The third-order valence-electron chi connectivity index (χ3n) is 6.03. The van der Waals surface area contributed by atoms with Crippen molar-refractivity contribution >= 4 is 20.8 Å². The van der Waals surface area contributed by atoms with Crippen molar-refractivity contribution in [1.29, 1.82) is 0 Å². The van der Waals surface area contributed by atoms with Gasteiger partial charge in [0.2, 0.25) is 0 Å². The van der Waals surface area contributed by atoms with E-state index in [9.17, 15) is 0 Å². The summed E-state index contributed by atoms with van der Waals surface area (Å²) in [7, 11) is 0. The van der Waals surface area contributed by atoms with E-state index >= 15 is 0 Å². The Morgan fingerprint density at radius 2 is 0.680 bits per heavy atom. The molecule has 0 aliphatic carbocycles. The molecular weight excluding hydrogens is 387 g/mol. The van der Waals surface area contributed by atoms with Crippen LogP contribution < -0.4 is 0 Å². The fourth-order valence-electron chi connectivity index (χ4n) is 4.15. The average Bonchev–Trinajstić information content (AvgIpc) is 2.62. The zero-order chi connectivity index (χ0) is 18.9. The first kappa shape index (κ1) is 25.9. The monoisotopic (exact) mass is 436 g/mol.